The molecule has 0 spiro atoms. The summed E-state index contributed by atoms with van der Waals surface area (Å²) in [6.07, 6.45) is 3.51. The average molecular weight is 252 g/mol. The van der Waals surface area contributed by atoms with Crippen LogP contribution >= 0.6 is 12.2 Å². The summed E-state index contributed by atoms with van der Waals surface area (Å²) in [5.41, 5.74) is 8.43. The van der Waals surface area contributed by atoms with Crippen LogP contribution in [0.3, 0.4) is 0 Å². The highest BCUT2D eigenvalue weighted by Gasteiger charge is 2.12. The fraction of sp³-hybridized carbons (Fsp3) is 0.583. The first-order chi connectivity index (χ1) is 8.07. The number of aryl methyl sites for hydroxylation is 1. The maximum Gasteiger partial charge on any atom is 0.159 e. The van der Waals surface area contributed by atoms with Crippen LogP contribution in [-0.4, -0.2) is 21.7 Å². The summed E-state index contributed by atoms with van der Waals surface area (Å²) < 4.78 is 0. The summed E-state index contributed by atoms with van der Waals surface area (Å²) in [7, 11) is 0. The summed E-state index contributed by atoms with van der Waals surface area (Å²) in [4.78, 5) is 0.374. The summed E-state index contributed by atoms with van der Waals surface area (Å²) in [5.74, 6) is 0.705. The molecule has 94 valence electrons. The smallest absolute Gasteiger partial charge is 0.159 e. The first-order valence-electron chi connectivity index (χ1n) is 5.95. The molecule has 1 aromatic rings. The first kappa shape index (κ1) is 13.8. The average Bonchev–Trinajstić information content (AvgIpc) is 2.28. The molecular weight excluding hydrogens is 232 g/mol. The van der Waals surface area contributed by atoms with Crippen LogP contribution < -0.4 is 11.1 Å². The van der Waals surface area contributed by atoms with Gasteiger partial charge in [0.1, 0.15) is 4.99 Å². The van der Waals surface area contributed by atoms with E-state index in [9.17, 15) is 0 Å². The molecule has 1 aromatic heterocycles. The molecule has 0 aliphatic carbocycles. The van der Waals surface area contributed by atoms with Crippen molar-refractivity contribution in [1.82, 2.24) is 10.2 Å². The minimum Gasteiger partial charge on any atom is -0.389 e. The highest BCUT2D eigenvalue weighted by atomic mass is 32.1. The van der Waals surface area contributed by atoms with E-state index < -0.39 is 0 Å². The maximum atomic E-state index is 5.74. The van der Waals surface area contributed by atoms with Crippen molar-refractivity contribution in [3.8, 4) is 0 Å². The van der Waals surface area contributed by atoms with E-state index in [1.807, 2.05) is 13.8 Å². The third kappa shape index (κ3) is 3.63. The van der Waals surface area contributed by atoms with E-state index in [-0.39, 0.29) is 0 Å². The molecule has 0 aromatic carbocycles. The Labute approximate surface area is 108 Å². The van der Waals surface area contributed by atoms with Gasteiger partial charge in [0.25, 0.3) is 0 Å². The largest absolute Gasteiger partial charge is 0.389 e. The number of hydrogen-bond donors (Lipinski definition) is 2. The Hall–Kier alpha value is -1.23. The number of aromatic nitrogens is 2. The van der Waals surface area contributed by atoms with Crippen LogP contribution in [0.25, 0.3) is 0 Å². The van der Waals surface area contributed by atoms with E-state index in [1.165, 1.54) is 12.8 Å². The Kier molecular flexibility index (Phi) is 5.28. The van der Waals surface area contributed by atoms with E-state index in [4.69, 9.17) is 18.0 Å². The van der Waals surface area contributed by atoms with Gasteiger partial charge in [-0.05, 0) is 25.8 Å². The van der Waals surface area contributed by atoms with Crippen molar-refractivity contribution in [2.75, 3.05) is 11.9 Å². The SMILES string of the molecule is CCCCCNc1nnc(C)c(C)c1C(N)=S. The Bertz CT molecular complexity index is 404. The summed E-state index contributed by atoms with van der Waals surface area (Å²) in [6.45, 7) is 6.93. The second kappa shape index (κ2) is 6.49. The van der Waals surface area contributed by atoms with Gasteiger partial charge < -0.3 is 11.1 Å². The highest BCUT2D eigenvalue weighted by Crippen LogP contribution is 2.18. The molecule has 1 rings (SSSR count). The van der Waals surface area contributed by atoms with E-state index >= 15 is 0 Å². The van der Waals surface area contributed by atoms with Gasteiger partial charge >= 0.3 is 0 Å². The molecular formula is C12H20N4S. The molecule has 0 aliphatic heterocycles. The summed E-state index contributed by atoms with van der Waals surface area (Å²) >= 11 is 5.07. The van der Waals surface area contributed by atoms with Crippen molar-refractivity contribution in [3.63, 3.8) is 0 Å². The number of hydrogen-bond acceptors (Lipinski definition) is 4. The van der Waals surface area contributed by atoms with Gasteiger partial charge in [0.15, 0.2) is 5.82 Å². The van der Waals surface area contributed by atoms with Crippen molar-refractivity contribution in [3.05, 3.63) is 16.8 Å². The predicted octanol–water partition coefficient (Wildman–Crippen LogP) is 2.33. The van der Waals surface area contributed by atoms with E-state index in [1.54, 1.807) is 0 Å². The number of thiocarbonyl (C=S) groups is 1. The minimum atomic E-state index is 0.374. The zero-order valence-corrected chi connectivity index (χ0v) is 11.5. The minimum absolute atomic E-state index is 0.374. The van der Waals surface area contributed by atoms with Gasteiger partial charge in [-0.25, -0.2) is 0 Å². The van der Waals surface area contributed by atoms with Gasteiger partial charge in [0.2, 0.25) is 0 Å². The van der Waals surface area contributed by atoms with E-state index in [0.717, 1.165) is 29.8 Å². The number of nitrogens with two attached hydrogens (primary N) is 1. The monoisotopic (exact) mass is 252 g/mol. The lowest BCUT2D eigenvalue weighted by Gasteiger charge is -2.12. The van der Waals surface area contributed by atoms with Crippen molar-refractivity contribution in [1.29, 1.82) is 0 Å². The molecule has 0 bridgehead atoms. The third-order valence-corrected chi connectivity index (χ3v) is 2.98. The lowest BCUT2D eigenvalue weighted by atomic mass is 10.1. The molecule has 0 radical (unpaired) electrons. The highest BCUT2D eigenvalue weighted by molar-refractivity contribution is 7.80. The summed E-state index contributed by atoms with van der Waals surface area (Å²) in [6, 6.07) is 0. The zero-order valence-electron chi connectivity index (χ0n) is 10.7. The van der Waals surface area contributed by atoms with Crippen LogP contribution in [0.15, 0.2) is 0 Å². The molecule has 0 unspecified atom stereocenters. The third-order valence-electron chi connectivity index (χ3n) is 2.77. The standard InChI is InChI=1S/C12H20N4S/c1-4-5-6-7-14-12-10(11(13)17)8(2)9(3)15-16-12/h4-7H2,1-3H3,(H2,13,17)(H,14,16). The second-order valence-corrected chi connectivity index (χ2v) is 4.57. The van der Waals surface area contributed by atoms with Crippen LogP contribution in [0.4, 0.5) is 5.82 Å². The normalized spacial score (nSPS) is 10.3. The number of rotatable bonds is 6. The lowest BCUT2D eigenvalue weighted by molar-refractivity contribution is 0.740. The van der Waals surface area contributed by atoms with Crippen molar-refractivity contribution in [2.24, 2.45) is 5.73 Å². The van der Waals surface area contributed by atoms with Crippen LogP contribution in [0, 0.1) is 13.8 Å². The van der Waals surface area contributed by atoms with Crippen LogP contribution in [0.1, 0.15) is 43.0 Å². The Balaban J connectivity index is 2.84. The van der Waals surface area contributed by atoms with Crippen molar-refractivity contribution < 1.29 is 0 Å². The molecule has 0 amide bonds. The van der Waals surface area contributed by atoms with Gasteiger partial charge in [-0.15, -0.1) is 5.10 Å². The molecule has 1 heterocycles. The van der Waals surface area contributed by atoms with Gasteiger partial charge in [-0.1, -0.05) is 32.0 Å². The molecule has 0 atom stereocenters. The number of nitrogens with zero attached hydrogens (tertiary/aromatic N) is 2. The van der Waals surface area contributed by atoms with Crippen LogP contribution in [0.2, 0.25) is 0 Å². The summed E-state index contributed by atoms with van der Waals surface area (Å²) in [5, 5.41) is 11.5. The van der Waals surface area contributed by atoms with Crippen molar-refractivity contribution >= 4 is 23.0 Å². The number of anilines is 1. The zero-order chi connectivity index (χ0) is 12.8. The molecule has 0 aliphatic rings. The van der Waals surface area contributed by atoms with Crippen LogP contribution in [0.5, 0.6) is 0 Å². The number of nitrogens with one attached hydrogen (secondary N) is 1. The Morgan fingerprint density at radius 1 is 1.29 bits per heavy atom. The maximum absolute atomic E-state index is 5.74. The molecule has 0 saturated carbocycles. The Morgan fingerprint density at radius 3 is 2.59 bits per heavy atom. The molecule has 5 heteroatoms. The van der Waals surface area contributed by atoms with Gasteiger partial charge in [0.05, 0.1) is 11.3 Å². The van der Waals surface area contributed by atoms with E-state index in [2.05, 4.69) is 22.4 Å². The first-order valence-corrected chi connectivity index (χ1v) is 6.36. The fourth-order valence-electron chi connectivity index (χ4n) is 1.62. The lowest BCUT2D eigenvalue weighted by Crippen LogP contribution is -2.18. The predicted molar refractivity (Wildman–Crippen MR) is 75.4 cm³/mol. The van der Waals surface area contributed by atoms with Gasteiger partial charge in [-0.3, -0.25) is 0 Å². The van der Waals surface area contributed by atoms with Gasteiger partial charge in [-0.2, -0.15) is 5.10 Å². The molecule has 4 nitrogen and oxygen atoms in total. The molecule has 3 N–H and O–H groups in total. The molecule has 0 saturated heterocycles. The Morgan fingerprint density at radius 2 is 2.00 bits per heavy atom. The van der Waals surface area contributed by atoms with E-state index in [0.29, 0.717) is 10.8 Å². The molecule has 0 fully saturated rings. The number of unbranched alkanes of at least 4 members (excludes halogenated alkanes) is 2. The van der Waals surface area contributed by atoms with Gasteiger partial charge in [0, 0.05) is 6.54 Å². The topological polar surface area (TPSA) is 63.8 Å². The van der Waals surface area contributed by atoms with Crippen molar-refractivity contribution in [2.45, 2.75) is 40.0 Å². The second-order valence-electron chi connectivity index (χ2n) is 4.13. The fourth-order valence-corrected chi connectivity index (χ4v) is 1.87. The quantitative estimate of drug-likeness (QED) is 0.601. The molecule has 17 heavy (non-hydrogen) atoms. The van der Waals surface area contributed by atoms with Crippen LogP contribution in [-0.2, 0) is 0 Å².